The van der Waals surface area contributed by atoms with Crippen molar-refractivity contribution < 1.29 is 19.4 Å². The Bertz CT molecular complexity index is 979. The first kappa shape index (κ1) is 17.8. The molecule has 3 aromatic rings. The van der Waals surface area contributed by atoms with Gasteiger partial charge in [-0.15, -0.1) is 0 Å². The van der Waals surface area contributed by atoms with E-state index < -0.39 is 5.97 Å². The summed E-state index contributed by atoms with van der Waals surface area (Å²) in [5, 5.41) is 12.5. The van der Waals surface area contributed by atoms with Crippen LogP contribution < -0.4 is 9.64 Å². The predicted octanol–water partition coefficient (Wildman–Crippen LogP) is 3.43. The normalized spacial score (nSPS) is 14.5. The van der Waals surface area contributed by atoms with E-state index in [9.17, 15) is 9.90 Å². The Kier molecular flexibility index (Phi) is 4.96. The molecule has 0 spiro atoms. The Morgan fingerprint density at radius 3 is 2.70 bits per heavy atom. The topological polar surface area (TPSA) is 71.9 Å². The van der Waals surface area contributed by atoms with Crippen LogP contribution in [0.3, 0.4) is 0 Å². The maximum Gasteiger partial charge on any atom is 0.347 e. The Hall–Kier alpha value is -2.64. The molecule has 0 amide bonds. The highest BCUT2D eigenvalue weighted by Crippen LogP contribution is 2.30. The van der Waals surface area contributed by atoms with Crippen LogP contribution in [0.5, 0.6) is 5.75 Å². The van der Waals surface area contributed by atoms with E-state index in [1.807, 2.05) is 30.3 Å². The summed E-state index contributed by atoms with van der Waals surface area (Å²) in [7, 11) is 1.65. The molecule has 0 atom stereocenters. The molecule has 0 bridgehead atoms. The summed E-state index contributed by atoms with van der Waals surface area (Å²) in [4.78, 5) is 18.8. The molecule has 4 rings (SSSR count). The van der Waals surface area contributed by atoms with E-state index in [0.29, 0.717) is 30.2 Å². The number of aromatic carboxylic acids is 1. The van der Waals surface area contributed by atoms with Gasteiger partial charge in [0, 0.05) is 19.5 Å². The summed E-state index contributed by atoms with van der Waals surface area (Å²) >= 11 is 1.25. The number of rotatable bonds is 5. The van der Waals surface area contributed by atoms with E-state index in [2.05, 4.69) is 16.0 Å². The van der Waals surface area contributed by atoms with E-state index in [1.54, 1.807) is 7.11 Å². The number of anilines is 1. The summed E-state index contributed by atoms with van der Waals surface area (Å²) in [6.07, 6.45) is 0.491. The number of carboxylic acids is 1. The predicted molar refractivity (Wildman–Crippen MR) is 105 cm³/mol. The molecule has 1 fully saturated rings. The molecule has 1 aliphatic heterocycles. The molecular formula is C20H20N2O4S. The van der Waals surface area contributed by atoms with Crippen LogP contribution in [0, 0.1) is 0 Å². The average molecular weight is 384 g/mol. The second kappa shape index (κ2) is 7.54. The largest absolute Gasteiger partial charge is 0.497 e. The first-order valence-corrected chi connectivity index (χ1v) is 9.58. The first-order chi connectivity index (χ1) is 13.1. The summed E-state index contributed by atoms with van der Waals surface area (Å²) in [5.74, 6) is -0.106. The van der Waals surface area contributed by atoms with Gasteiger partial charge in [-0.25, -0.2) is 9.78 Å². The highest BCUT2D eigenvalue weighted by molar-refractivity contribution is 7.17. The minimum Gasteiger partial charge on any atom is -0.497 e. The Morgan fingerprint density at radius 1 is 1.22 bits per heavy atom. The average Bonchev–Trinajstić information content (AvgIpc) is 3.12. The van der Waals surface area contributed by atoms with Crippen molar-refractivity contribution in [1.82, 2.24) is 4.98 Å². The highest BCUT2D eigenvalue weighted by Gasteiger charge is 2.22. The number of ether oxygens (including phenoxy) is 2. The minimum atomic E-state index is -0.924. The number of hydrogen-bond donors (Lipinski definition) is 1. The Labute approximate surface area is 161 Å². The number of carboxylic acid groups (broad SMARTS) is 1. The third-order valence-electron chi connectivity index (χ3n) is 4.65. The highest BCUT2D eigenvalue weighted by atomic mass is 32.1. The van der Waals surface area contributed by atoms with E-state index in [-0.39, 0.29) is 0 Å². The number of hydrogen-bond acceptors (Lipinski definition) is 6. The lowest BCUT2D eigenvalue weighted by Gasteiger charge is -2.26. The molecule has 0 unspecified atom stereocenters. The molecule has 0 radical (unpaired) electrons. The van der Waals surface area contributed by atoms with Crippen molar-refractivity contribution in [3.05, 3.63) is 52.5 Å². The van der Waals surface area contributed by atoms with Crippen LogP contribution in [0.4, 0.5) is 5.13 Å². The molecule has 2 aromatic carbocycles. The number of methoxy groups -OCH3 is 1. The molecule has 0 aliphatic carbocycles. The molecule has 1 saturated heterocycles. The third-order valence-corrected chi connectivity index (χ3v) is 5.79. The van der Waals surface area contributed by atoms with Gasteiger partial charge >= 0.3 is 5.97 Å². The summed E-state index contributed by atoms with van der Waals surface area (Å²) in [5.41, 5.74) is 1.65. The van der Waals surface area contributed by atoms with Crippen LogP contribution in [0.15, 0.2) is 36.4 Å². The van der Waals surface area contributed by atoms with Gasteiger partial charge < -0.3 is 19.5 Å². The van der Waals surface area contributed by atoms with Crippen molar-refractivity contribution in [1.29, 1.82) is 0 Å². The van der Waals surface area contributed by atoms with Gasteiger partial charge in [0.05, 0.1) is 26.0 Å². The summed E-state index contributed by atoms with van der Waals surface area (Å²) < 4.78 is 10.6. The number of fused-ring (bicyclic) bond motifs is 1. The molecular weight excluding hydrogens is 364 g/mol. The molecule has 0 saturated carbocycles. The fraction of sp³-hybridized carbons (Fsp3) is 0.300. The summed E-state index contributed by atoms with van der Waals surface area (Å²) in [6, 6.07) is 12.0. The third kappa shape index (κ3) is 3.74. The lowest BCUT2D eigenvalue weighted by Crippen LogP contribution is -2.36. The van der Waals surface area contributed by atoms with E-state index in [4.69, 9.17) is 9.47 Å². The zero-order valence-electron chi connectivity index (χ0n) is 15.0. The van der Waals surface area contributed by atoms with Crippen LogP contribution in [-0.2, 0) is 11.2 Å². The lowest BCUT2D eigenvalue weighted by atomic mass is 10.0. The zero-order chi connectivity index (χ0) is 18.8. The van der Waals surface area contributed by atoms with Crippen LogP contribution in [-0.4, -0.2) is 49.5 Å². The van der Waals surface area contributed by atoms with Crippen LogP contribution in [0.2, 0.25) is 0 Å². The molecule has 1 aliphatic rings. The van der Waals surface area contributed by atoms with Crippen molar-refractivity contribution in [2.75, 3.05) is 38.3 Å². The molecule has 6 nitrogen and oxygen atoms in total. The monoisotopic (exact) mass is 384 g/mol. The molecule has 1 aromatic heterocycles. The van der Waals surface area contributed by atoms with E-state index in [1.165, 1.54) is 11.3 Å². The number of thiazole rings is 1. The SMILES string of the molecule is COc1ccc2cc(Cc3nc(N4CCOCC4)sc3C(=O)O)ccc2c1. The van der Waals surface area contributed by atoms with Gasteiger partial charge in [-0.3, -0.25) is 0 Å². The molecule has 7 heteroatoms. The first-order valence-electron chi connectivity index (χ1n) is 8.76. The number of carbonyl (C=O) groups is 1. The van der Waals surface area contributed by atoms with Crippen LogP contribution >= 0.6 is 11.3 Å². The van der Waals surface area contributed by atoms with Gasteiger partial charge in [-0.1, -0.05) is 35.6 Å². The van der Waals surface area contributed by atoms with Gasteiger partial charge in [0.2, 0.25) is 0 Å². The molecule has 27 heavy (non-hydrogen) atoms. The smallest absolute Gasteiger partial charge is 0.347 e. The maximum absolute atomic E-state index is 11.7. The second-order valence-corrected chi connectivity index (χ2v) is 7.38. The summed E-state index contributed by atoms with van der Waals surface area (Å²) in [6.45, 7) is 2.77. The zero-order valence-corrected chi connectivity index (χ0v) is 15.8. The van der Waals surface area contributed by atoms with Crippen molar-refractivity contribution in [3.8, 4) is 5.75 Å². The Morgan fingerprint density at radius 2 is 1.96 bits per heavy atom. The van der Waals surface area contributed by atoms with Crippen molar-refractivity contribution in [2.45, 2.75) is 6.42 Å². The quantitative estimate of drug-likeness (QED) is 0.727. The van der Waals surface area contributed by atoms with Gasteiger partial charge in [0.1, 0.15) is 10.6 Å². The Balaban J connectivity index is 1.63. The van der Waals surface area contributed by atoms with Crippen molar-refractivity contribution >= 4 is 33.2 Å². The number of benzene rings is 2. The van der Waals surface area contributed by atoms with E-state index in [0.717, 1.165) is 40.3 Å². The van der Waals surface area contributed by atoms with Gasteiger partial charge in [0.25, 0.3) is 0 Å². The standard InChI is InChI=1S/C20H20N2O4S/c1-25-16-5-4-14-10-13(2-3-15(14)12-16)11-17-18(19(23)24)27-20(21-17)22-6-8-26-9-7-22/h2-5,10,12H,6-9,11H2,1H3,(H,23,24). The number of nitrogens with zero attached hydrogens (tertiary/aromatic N) is 2. The van der Waals surface area contributed by atoms with Gasteiger partial charge in [0.15, 0.2) is 5.13 Å². The molecule has 1 N–H and O–H groups in total. The second-order valence-electron chi connectivity index (χ2n) is 6.40. The fourth-order valence-electron chi connectivity index (χ4n) is 3.22. The van der Waals surface area contributed by atoms with Crippen molar-refractivity contribution in [3.63, 3.8) is 0 Å². The van der Waals surface area contributed by atoms with Crippen molar-refractivity contribution in [2.24, 2.45) is 0 Å². The van der Waals surface area contributed by atoms with Crippen LogP contribution in [0.25, 0.3) is 10.8 Å². The van der Waals surface area contributed by atoms with E-state index >= 15 is 0 Å². The molecule has 140 valence electrons. The number of aromatic nitrogens is 1. The fourth-order valence-corrected chi connectivity index (χ4v) is 4.19. The van der Waals surface area contributed by atoms with Gasteiger partial charge in [-0.05, 0) is 28.5 Å². The number of morpholine rings is 1. The lowest BCUT2D eigenvalue weighted by molar-refractivity contribution is 0.0701. The molecule has 2 heterocycles. The van der Waals surface area contributed by atoms with Gasteiger partial charge in [-0.2, -0.15) is 0 Å². The minimum absolute atomic E-state index is 0.311. The maximum atomic E-state index is 11.7. The van der Waals surface area contributed by atoms with Crippen LogP contribution in [0.1, 0.15) is 20.9 Å².